The quantitative estimate of drug-likeness (QED) is 0.247. The van der Waals surface area contributed by atoms with Gasteiger partial charge in [-0.2, -0.15) is 9.97 Å². The Kier molecular flexibility index (Phi) is 6.20. The van der Waals surface area contributed by atoms with Gasteiger partial charge in [0.25, 0.3) is 0 Å². The van der Waals surface area contributed by atoms with Gasteiger partial charge in [0.05, 0.1) is 24.7 Å². The highest BCUT2D eigenvalue weighted by Crippen LogP contribution is 2.36. The number of rotatable bonds is 7. The van der Waals surface area contributed by atoms with E-state index < -0.39 is 4.92 Å². The fraction of sp³-hybridized carbons (Fsp3) is 0.692. The van der Waals surface area contributed by atoms with Crippen molar-refractivity contribution >= 4 is 23.3 Å². The van der Waals surface area contributed by atoms with Crippen molar-refractivity contribution < 1.29 is 14.4 Å². The van der Waals surface area contributed by atoms with Crippen molar-refractivity contribution in [1.29, 1.82) is 0 Å². The number of ether oxygens (including phenoxy) is 2. The largest absolute Gasteiger partial charge is 0.473 e. The van der Waals surface area contributed by atoms with Gasteiger partial charge in [0.15, 0.2) is 5.16 Å². The van der Waals surface area contributed by atoms with E-state index in [9.17, 15) is 10.1 Å². The number of unbranched alkanes of at least 4 members (excludes halogenated alkanes) is 1. The maximum Gasteiger partial charge on any atom is 0.373 e. The second-order valence-corrected chi connectivity index (χ2v) is 5.52. The average molecular weight is 328 g/mol. The summed E-state index contributed by atoms with van der Waals surface area (Å²) in [6.45, 7) is 4.64. The maximum atomic E-state index is 11.5. The summed E-state index contributed by atoms with van der Waals surface area (Å²) in [4.78, 5) is 21.4. The molecule has 2 rings (SSSR count). The fourth-order valence-electron chi connectivity index (χ4n) is 2.06. The van der Waals surface area contributed by atoms with Crippen LogP contribution in [0.4, 0.5) is 11.5 Å². The Hall–Kier alpha value is -1.61. The molecule has 1 saturated heterocycles. The first kappa shape index (κ1) is 16.8. The van der Waals surface area contributed by atoms with Crippen LogP contribution in [0.1, 0.15) is 19.8 Å². The summed E-state index contributed by atoms with van der Waals surface area (Å²) >= 11 is 1.34. The SMILES string of the molecule is CCCCOc1nc(SC)nc(N2CCOCC2)c1[N+](=O)[O-]. The molecule has 9 heteroatoms. The Morgan fingerprint density at radius 1 is 1.41 bits per heavy atom. The first-order valence-corrected chi connectivity index (χ1v) is 8.45. The molecule has 0 aliphatic carbocycles. The molecule has 8 nitrogen and oxygen atoms in total. The van der Waals surface area contributed by atoms with Crippen LogP contribution in [-0.4, -0.2) is 54.1 Å². The molecule has 2 heterocycles. The minimum Gasteiger partial charge on any atom is -0.473 e. The Bertz CT molecular complexity index is 523. The van der Waals surface area contributed by atoms with Gasteiger partial charge in [-0.15, -0.1) is 0 Å². The van der Waals surface area contributed by atoms with Gasteiger partial charge in [0.1, 0.15) is 0 Å². The van der Waals surface area contributed by atoms with E-state index in [4.69, 9.17) is 9.47 Å². The summed E-state index contributed by atoms with van der Waals surface area (Å²) in [6.07, 6.45) is 3.60. The van der Waals surface area contributed by atoms with Gasteiger partial charge in [-0.1, -0.05) is 25.1 Å². The Balaban J connectivity index is 2.39. The van der Waals surface area contributed by atoms with Crippen LogP contribution in [0.3, 0.4) is 0 Å². The molecule has 22 heavy (non-hydrogen) atoms. The van der Waals surface area contributed by atoms with Crippen LogP contribution in [0.2, 0.25) is 0 Å². The van der Waals surface area contributed by atoms with E-state index in [0.717, 1.165) is 12.8 Å². The smallest absolute Gasteiger partial charge is 0.373 e. The molecule has 0 atom stereocenters. The summed E-state index contributed by atoms with van der Waals surface area (Å²) in [7, 11) is 0. The zero-order valence-electron chi connectivity index (χ0n) is 12.8. The maximum absolute atomic E-state index is 11.5. The third-order valence-electron chi connectivity index (χ3n) is 3.23. The number of anilines is 1. The number of nitrogens with zero attached hydrogens (tertiary/aromatic N) is 4. The highest BCUT2D eigenvalue weighted by atomic mass is 32.2. The topological polar surface area (TPSA) is 90.6 Å². The van der Waals surface area contributed by atoms with E-state index >= 15 is 0 Å². The lowest BCUT2D eigenvalue weighted by Crippen LogP contribution is -2.37. The molecule has 0 aromatic carbocycles. The van der Waals surface area contributed by atoms with Crippen LogP contribution >= 0.6 is 11.8 Å². The van der Waals surface area contributed by atoms with Crippen molar-refractivity contribution in [2.75, 3.05) is 44.1 Å². The summed E-state index contributed by atoms with van der Waals surface area (Å²) in [5.74, 6) is 0.374. The Morgan fingerprint density at radius 3 is 2.73 bits per heavy atom. The molecular formula is C13H20N4O4S. The molecular weight excluding hydrogens is 308 g/mol. The molecule has 1 fully saturated rings. The molecule has 0 radical (unpaired) electrons. The summed E-state index contributed by atoms with van der Waals surface area (Å²) in [5, 5.41) is 12.0. The van der Waals surface area contributed by atoms with Crippen molar-refractivity contribution in [1.82, 2.24) is 9.97 Å². The van der Waals surface area contributed by atoms with Gasteiger partial charge < -0.3 is 14.4 Å². The highest BCUT2D eigenvalue weighted by molar-refractivity contribution is 7.98. The zero-order chi connectivity index (χ0) is 15.9. The first-order chi connectivity index (χ1) is 10.7. The van der Waals surface area contributed by atoms with Gasteiger partial charge >= 0.3 is 11.6 Å². The van der Waals surface area contributed by atoms with Gasteiger partial charge in [-0.25, -0.2) is 0 Å². The molecule has 1 aliphatic rings. The molecule has 0 saturated carbocycles. The molecule has 0 amide bonds. The van der Waals surface area contributed by atoms with Gasteiger partial charge in [-0.05, 0) is 12.7 Å². The third-order valence-corrected chi connectivity index (χ3v) is 3.77. The second kappa shape index (κ2) is 8.14. The van der Waals surface area contributed by atoms with E-state index in [2.05, 4.69) is 9.97 Å². The van der Waals surface area contributed by atoms with Crippen LogP contribution in [-0.2, 0) is 4.74 Å². The minimum atomic E-state index is -0.462. The number of hydrogen-bond donors (Lipinski definition) is 0. The van der Waals surface area contributed by atoms with E-state index in [1.165, 1.54) is 11.8 Å². The van der Waals surface area contributed by atoms with Gasteiger partial charge in [0, 0.05) is 13.1 Å². The number of aromatic nitrogens is 2. The number of morpholine rings is 1. The van der Waals surface area contributed by atoms with E-state index in [1.807, 2.05) is 18.1 Å². The minimum absolute atomic E-state index is 0.0549. The molecule has 0 bridgehead atoms. The van der Waals surface area contributed by atoms with E-state index in [-0.39, 0.29) is 11.6 Å². The number of hydrogen-bond acceptors (Lipinski definition) is 8. The fourth-order valence-corrected chi connectivity index (χ4v) is 2.42. The van der Waals surface area contributed by atoms with Crippen molar-refractivity contribution in [2.24, 2.45) is 0 Å². The molecule has 0 spiro atoms. The predicted octanol–water partition coefficient (Wildman–Crippen LogP) is 2.12. The highest BCUT2D eigenvalue weighted by Gasteiger charge is 2.30. The van der Waals surface area contributed by atoms with Crippen molar-refractivity contribution in [3.63, 3.8) is 0 Å². The normalized spacial score (nSPS) is 14.9. The van der Waals surface area contributed by atoms with Crippen LogP contribution in [0.25, 0.3) is 0 Å². The van der Waals surface area contributed by atoms with Gasteiger partial charge in [0.2, 0.25) is 5.82 Å². The Labute approximate surface area is 133 Å². The van der Waals surface area contributed by atoms with Crippen LogP contribution < -0.4 is 9.64 Å². The summed E-state index contributed by atoms with van der Waals surface area (Å²) in [6, 6.07) is 0. The van der Waals surface area contributed by atoms with Crippen LogP contribution in [0.15, 0.2) is 5.16 Å². The lowest BCUT2D eigenvalue weighted by molar-refractivity contribution is -0.385. The molecule has 1 aromatic rings. The number of thioether (sulfide) groups is 1. The average Bonchev–Trinajstić information content (AvgIpc) is 2.54. The third kappa shape index (κ3) is 3.98. The molecule has 1 aromatic heterocycles. The summed E-state index contributed by atoms with van der Waals surface area (Å²) < 4.78 is 10.8. The van der Waals surface area contributed by atoms with Crippen molar-refractivity contribution in [2.45, 2.75) is 24.9 Å². The lowest BCUT2D eigenvalue weighted by Gasteiger charge is -2.27. The molecule has 0 unspecified atom stereocenters. The zero-order valence-corrected chi connectivity index (χ0v) is 13.6. The monoisotopic (exact) mass is 328 g/mol. The van der Waals surface area contributed by atoms with Crippen molar-refractivity contribution in [3.05, 3.63) is 10.1 Å². The second-order valence-electron chi connectivity index (χ2n) is 4.75. The lowest BCUT2D eigenvalue weighted by atomic mass is 10.3. The van der Waals surface area contributed by atoms with Crippen molar-refractivity contribution in [3.8, 4) is 5.88 Å². The Morgan fingerprint density at radius 2 is 2.14 bits per heavy atom. The standard InChI is InChI=1S/C13H20N4O4S/c1-3-4-7-21-12-10(17(18)19)11(14-13(15-12)22-2)16-5-8-20-9-6-16/h3-9H2,1-2H3. The summed E-state index contributed by atoms with van der Waals surface area (Å²) in [5.41, 5.74) is -0.157. The van der Waals surface area contributed by atoms with E-state index in [0.29, 0.717) is 43.9 Å². The van der Waals surface area contributed by atoms with E-state index in [1.54, 1.807) is 0 Å². The first-order valence-electron chi connectivity index (χ1n) is 7.23. The number of nitro groups is 1. The van der Waals surface area contributed by atoms with Gasteiger partial charge in [-0.3, -0.25) is 10.1 Å². The predicted molar refractivity (Wildman–Crippen MR) is 83.9 cm³/mol. The molecule has 0 N–H and O–H groups in total. The van der Waals surface area contributed by atoms with Crippen LogP contribution in [0.5, 0.6) is 5.88 Å². The van der Waals surface area contributed by atoms with Crippen LogP contribution in [0, 0.1) is 10.1 Å². The molecule has 1 aliphatic heterocycles. The molecule has 122 valence electrons.